The second-order valence-electron chi connectivity index (χ2n) is 4.94. The SMILES string of the molecule is O=C(COC(=O)C=Cc1ccc(Cl)c([N+](=O)[O-])c1)Nc1ccccc1I. The molecule has 2 rings (SSSR count). The Bertz CT molecular complexity index is 885. The van der Waals surface area contributed by atoms with E-state index in [4.69, 9.17) is 16.3 Å². The van der Waals surface area contributed by atoms with Crippen molar-refractivity contribution in [2.45, 2.75) is 0 Å². The van der Waals surface area contributed by atoms with Gasteiger partial charge in [0.15, 0.2) is 6.61 Å². The Morgan fingerprint density at radius 1 is 1.27 bits per heavy atom. The van der Waals surface area contributed by atoms with E-state index in [0.717, 1.165) is 9.65 Å². The highest BCUT2D eigenvalue weighted by molar-refractivity contribution is 14.1. The zero-order chi connectivity index (χ0) is 19.1. The summed E-state index contributed by atoms with van der Waals surface area (Å²) in [5.74, 6) is -1.22. The lowest BCUT2D eigenvalue weighted by Gasteiger charge is -2.07. The first-order valence-corrected chi connectivity index (χ1v) is 8.65. The van der Waals surface area contributed by atoms with E-state index in [1.165, 1.54) is 24.3 Å². The van der Waals surface area contributed by atoms with Crippen molar-refractivity contribution in [3.8, 4) is 0 Å². The number of nitro groups is 1. The fourth-order valence-electron chi connectivity index (χ4n) is 1.87. The van der Waals surface area contributed by atoms with Crippen molar-refractivity contribution < 1.29 is 19.2 Å². The van der Waals surface area contributed by atoms with Crippen molar-refractivity contribution in [3.63, 3.8) is 0 Å². The molecule has 0 aliphatic carbocycles. The number of amides is 1. The van der Waals surface area contributed by atoms with Crippen molar-refractivity contribution in [2.24, 2.45) is 0 Å². The van der Waals surface area contributed by atoms with Crippen molar-refractivity contribution >= 4 is 63.5 Å². The topological polar surface area (TPSA) is 98.5 Å². The number of benzene rings is 2. The molecule has 0 saturated heterocycles. The molecule has 0 atom stereocenters. The maximum absolute atomic E-state index is 11.8. The number of ether oxygens (including phenoxy) is 1. The summed E-state index contributed by atoms with van der Waals surface area (Å²) in [6.45, 7) is -0.449. The number of nitro benzene ring substituents is 1. The fourth-order valence-corrected chi connectivity index (χ4v) is 2.58. The van der Waals surface area contributed by atoms with Crippen LogP contribution in [-0.4, -0.2) is 23.4 Å². The number of para-hydroxylation sites is 1. The van der Waals surface area contributed by atoms with Crippen LogP contribution in [0, 0.1) is 13.7 Å². The molecular formula is C17H12ClIN2O5. The molecule has 0 spiro atoms. The van der Waals surface area contributed by atoms with Gasteiger partial charge in [0, 0.05) is 15.7 Å². The van der Waals surface area contributed by atoms with Crippen LogP contribution >= 0.6 is 34.2 Å². The minimum atomic E-state index is -0.750. The summed E-state index contributed by atoms with van der Waals surface area (Å²) < 4.78 is 5.69. The predicted molar refractivity (Wildman–Crippen MR) is 106 cm³/mol. The van der Waals surface area contributed by atoms with Gasteiger partial charge in [0.05, 0.1) is 10.6 Å². The maximum atomic E-state index is 11.8. The molecule has 0 radical (unpaired) electrons. The molecule has 26 heavy (non-hydrogen) atoms. The maximum Gasteiger partial charge on any atom is 0.331 e. The molecule has 1 amide bonds. The molecule has 0 bridgehead atoms. The standard InChI is InChI=1S/C17H12ClIN2O5/c18-12-7-5-11(9-15(12)21(24)25)6-8-17(23)26-10-16(22)20-14-4-2-1-3-13(14)19/h1-9H,10H2,(H,20,22). The van der Waals surface area contributed by atoms with Gasteiger partial charge in [-0.3, -0.25) is 14.9 Å². The molecule has 2 aromatic rings. The van der Waals surface area contributed by atoms with Gasteiger partial charge in [0.2, 0.25) is 0 Å². The molecule has 7 nitrogen and oxygen atoms in total. The molecule has 2 aromatic carbocycles. The van der Waals surface area contributed by atoms with Gasteiger partial charge < -0.3 is 10.1 Å². The van der Waals surface area contributed by atoms with E-state index < -0.39 is 23.4 Å². The third-order valence-electron chi connectivity index (χ3n) is 3.07. The first-order valence-electron chi connectivity index (χ1n) is 7.20. The lowest BCUT2D eigenvalue weighted by Crippen LogP contribution is -2.20. The van der Waals surface area contributed by atoms with E-state index in [-0.39, 0.29) is 10.7 Å². The second kappa shape index (κ2) is 9.30. The Morgan fingerprint density at radius 2 is 2.00 bits per heavy atom. The summed E-state index contributed by atoms with van der Waals surface area (Å²) in [4.78, 5) is 33.7. The summed E-state index contributed by atoms with van der Waals surface area (Å²) in [7, 11) is 0. The molecule has 9 heteroatoms. The molecule has 0 saturated carbocycles. The summed E-state index contributed by atoms with van der Waals surface area (Å²) in [6.07, 6.45) is 2.41. The molecule has 134 valence electrons. The fraction of sp³-hybridized carbons (Fsp3) is 0.0588. The Balaban J connectivity index is 1.89. The highest BCUT2D eigenvalue weighted by Crippen LogP contribution is 2.25. The minimum Gasteiger partial charge on any atom is -0.452 e. The van der Waals surface area contributed by atoms with Crippen LogP contribution in [0.25, 0.3) is 6.08 Å². The zero-order valence-corrected chi connectivity index (χ0v) is 16.1. The summed E-state index contributed by atoms with van der Waals surface area (Å²) in [6, 6.07) is 11.3. The lowest BCUT2D eigenvalue weighted by molar-refractivity contribution is -0.384. The van der Waals surface area contributed by atoms with Crippen molar-refractivity contribution in [2.75, 3.05) is 11.9 Å². The van der Waals surface area contributed by atoms with E-state index in [1.54, 1.807) is 12.1 Å². The van der Waals surface area contributed by atoms with Gasteiger partial charge in [-0.15, -0.1) is 0 Å². The average Bonchev–Trinajstić information content (AvgIpc) is 2.61. The number of nitrogens with one attached hydrogen (secondary N) is 1. The Kier molecular flexibility index (Phi) is 7.10. The van der Waals surface area contributed by atoms with Crippen LogP contribution in [0.2, 0.25) is 5.02 Å². The number of hydrogen-bond donors (Lipinski definition) is 1. The number of hydrogen-bond acceptors (Lipinski definition) is 5. The molecule has 1 N–H and O–H groups in total. The number of carbonyl (C=O) groups is 2. The van der Waals surface area contributed by atoms with Crippen LogP contribution in [0.4, 0.5) is 11.4 Å². The van der Waals surface area contributed by atoms with Crippen molar-refractivity contribution in [1.29, 1.82) is 0 Å². The predicted octanol–water partition coefficient (Wildman–Crippen LogP) is 4.05. The molecule has 0 fully saturated rings. The van der Waals surface area contributed by atoms with Crippen LogP contribution in [-0.2, 0) is 14.3 Å². The van der Waals surface area contributed by atoms with Crippen LogP contribution in [0.1, 0.15) is 5.56 Å². The number of rotatable bonds is 6. The average molecular weight is 487 g/mol. The quantitative estimate of drug-likeness (QED) is 0.218. The first-order chi connectivity index (χ1) is 12.4. The van der Waals surface area contributed by atoms with Gasteiger partial charge in [-0.05, 0) is 52.4 Å². The van der Waals surface area contributed by atoms with Crippen molar-refractivity contribution in [3.05, 3.63) is 72.8 Å². The van der Waals surface area contributed by atoms with Crippen molar-refractivity contribution in [1.82, 2.24) is 0 Å². The summed E-state index contributed by atoms with van der Waals surface area (Å²) in [5, 5.41) is 13.5. The number of esters is 1. The van der Waals surface area contributed by atoms with E-state index in [1.807, 2.05) is 12.1 Å². The van der Waals surface area contributed by atoms with Gasteiger partial charge in [-0.2, -0.15) is 0 Å². The van der Waals surface area contributed by atoms with Gasteiger partial charge >= 0.3 is 5.97 Å². The normalized spacial score (nSPS) is 10.5. The van der Waals surface area contributed by atoms with Gasteiger partial charge in [0.1, 0.15) is 5.02 Å². The Hall–Kier alpha value is -2.46. The van der Waals surface area contributed by atoms with E-state index in [2.05, 4.69) is 27.9 Å². The molecular weight excluding hydrogens is 475 g/mol. The van der Waals surface area contributed by atoms with Crippen LogP contribution in [0.3, 0.4) is 0 Å². The minimum absolute atomic E-state index is 0.00180. The zero-order valence-electron chi connectivity index (χ0n) is 13.1. The first kappa shape index (κ1) is 19.9. The Morgan fingerprint density at radius 3 is 2.69 bits per heavy atom. The third-order valence-corrected chi connectivity index (χ3v) is 4.33. The largest absolute Gasteiger partial charge is 0.452 e. The monoisotopic (exact) mass is 486 g/mol. The number of anilines is 1. The third kappa shape index (κ3) is 5.81. The second-order valence-corrected chi connectivity index (χ2v) is 6.51. The Labute approximate surface area is 167 Å². The van der Waals surface area contributed by atoms with Gasteiger partial charge in [-0.25, -0.2) is 4.79 Å². The highest BCUT2D eigenvalue weighted by Gasteiger charge is 2.12. The number of halogens is 2. The molecule has 0 aliphatic rings. The summed E-state index contributed by atoms with van der Waals surface area (Å²) >= 11 is 7.79. The van der Waals surface area contributed by atoms with Crippen LogP contribution in [0.15, 0.2) is 48.5 Å². The molecule has 0 unspecified atom stereocenters. The smallest absolute Gasteiger partial charge is 0.331 e. The van der Waals surface area contributed by atoms with Crippen LogP contribution in [0.5, 0.6) is 0 Å². The summed E-state index contributed by atoms with van der Waals surface area (Å²) in [5.41, 5.74) is 0.763. The van der Waals surface area contributed by atoms with Gasteiger partial charge in [-0.1, -0.05) is 29.8 Å². The number of carbonyl (C=O) groups excluding carboxylic acids is 2. The van der Waals surface area contributed by atoms with E-state index >= 15 is 0 Å². The van der Waals surface area contributed by atoms with Crippen LogP contribution < -0.4 is 5.32 Å². The molecule has 0 heterocycles. The molecule has 0 aliphatic heterocycles. The number of nitrogens with zero attached hydrogens (tertiary/aromatic N) is 1. The van der Waals surface area contributed by atoms with E-state index in [9.17, 15) is 19.7 Å². The highest BCUT2D eigenvalue weighted by atomic mass is 127. The lowest BCUT2D eigenvalue weighted by atomic mass is 10.2. The van der Waals surface area contributed by atoms with E-state index in [0.29, 0.717) is 11.3 Å². The molecule has 0 aromatic heterocycles. The van der Waals surface area contributed by atoms with Gasteiger partial charge in [0.25, 0.3) is 11.6 Å².